The Bertz CT molecular complexity index is 812. The van der Waals surface area contributed by atoms with E-state index in [0.717, 1.165) is 24.1 Å². The molecule has 3 rings (SSSR count). The van der Waals surface area contributed by atoms with E-state index in [4.69, 9.17) is 12.2 Å². The standard InChI is InChI=1S/C17H16FN3O2S/c1-11-5-6-12-9-13(18)7-8-16(12)20(11)17(24)19-14-3-2-4-15(10-14)21(22)23/h2-4,7-11H,5-6H2,1H3,(H,19,24). The molecule has 0 spiro atoms. The molecule has 24 heavy (non-hydrogen) atoms. The molecule has 124 valence electrons. The molecule has 1 N–H and O–H groups in total. The average molecular weight is 345 g/mol. The predicted octanol–water partition coefficient (Wildman–Crippen LogP) is 4.27. The summed E-state index contributed by atoms with van der Waals surface area (Å²) >= 11 is 5.50. The predicted molar refractivity (Wildman–Crippen MR) is 96.0 cm³/mol. The molecule has 0 fully saturated rings. The van der Waals surface area contributed by atoms with Crippen LogP contribution in [0.15, 0.2) is 42.5 Å². The number of benzene rings is 2. The van der Waals surface area contributed by atoms with Gasteiger partial charge in [0, 0.05) is 29.5 Å². The first kappa shape index (κ1) is 16.3. The Labute approximate surface area is 144 Å². The number of nitrogens with one attached hydrogen (secondary N) is 1. The van der Waals surface area contributed by atoms with Gasteiger partial charge in [-0.15, -0.1) is 0 Å². The summed E-state index contributed by atoms with van der Waals surface area (Å²) in [5, 5.41) is 14.4. The molecule has 0 saturated carbocycles. The SMILES string of the molecule is CC1CCc2cc(F)ccc2N1C(=S)Nc1cccc([N+](=O)[O-])c1. The highest BCUT2D eigenvalue weighted by Gasteiger charge is 2.26. The normalized spacial score (nSPS) is 16.4. The van der Waals surface area contributed by atoms with E-state index in [2.05, 4.69) is 5.32 Å². The molecule has 0 amide bonds. The number of fused-ring (bicyclic) bond motifs is 1. The van der Waals surface area contributed by atoms with Crippen molar-refractivity contribution in [2.45, 2.75) is 25.8 Å². The first-order valence-corrected chi connectivity index (χ1v) is 7.99. The summed E-state index contributed by atoms with van der Waals surface area (Å²) in [6, 6.07) is 11.0. The number of anilines is 2. The van der Waals surface area contributed by atoms with Crippen LogP contribution in [0.25, 0.3) is 0 Å². The van der Waals surface area contributed by atoms with Crippen molar-refractivity contribution in [1.29, 1.82) is 0 Å². The summed E-state index contributed by atoms with van der Waals surface area (Å²) < 4.78 is 13.5. The van der Waals surface area contributed by atoms with Crippen LogP contribution in [-0.2, 0) is 6.42 Å². The summed E-state index contributed by atoms with van der Waals surface area (Å²) in [5.41, 5.74) is 2.34. The lowest BCUT2D eigenvalue weighted by atomic mass is 9.97. The zero-order valence-electron chi connectivity index (χ0n) is 13.0. The van der Waals surface area contributed by atoms with E-state index in [0.29, 0.717) is 10.8 Å². The number of halogens is 1. The van der Waals surface area contributed by atoms with Gasteiger partial charge in [-0.05, 0) is 61.8 Å². The molecule has 0 aromatic heterocycles. The highest BCUT2D eigenvalue weighted by molar-refractivity contribution is 7.80. The highest BCUT2D eigenvalue weighted by atomic mass is 32.1. The quantitative estimate of drug-likeness (QED) is 0.500. The van der Waals surface area contributed by atoms with Crippen molar-refractivity contribution in [3.63, 3.8) is 0 Å². The maximum atomic E-state index is 13.5. The molecule has 0 bridgehead atoms. The molecule has 1 atom stereocenters. The van der Waals surface area contributed by atoms with Gasteiger partial charge in [0.05, 0.1) is 4.92 Å². The van der Waals surface area contributed by atoms with Gasteiger partial charge < -0.3 is 10.2 Å². The van der Waals surface area contributed by atoms with Crippen molar-refractivity contribution < 1.29 is 9.31 Å². The molecule has 7 heteroatoms. The molecule has 0 saturated heterocycles. The van der Waals surface area contributed by atoms with Crippen LogP contribution in [0.4, 0.5) is 21.5 Å². The van der Waals surface area contributed by atoms with Crippen LogP contribution in [0.3, 0.4) is 0 Å². The van der Waals surface area contributed by atoms with Gasteiger partial charge in [0.1, 0.15) is 5.82 Å². The second kappa shape index (κ2) is 6.52. The first-order valence-electron chi connectivity index (χ1n) is 7.59. The van der Waals surface area contributed by atoms with Gasteiger partial charge in [-0.3, -0.25) is 10.1 Å². The van der Waals surface area contributed by atoms with E-state index in [1.807, 2.05) is 11.8 Å². The van der Waals surface area contributed by atoms with Crippen molar-refractivity contribution in [1.82, 2.24) is 0 Å². The Kier molecular flexibility index (Phi) is 4.44. The second-order valence-electron chi connectivity index (χ2n) is 5.77. The van der Waals surface area contributed by atoms with Gasteiger partial charge in [0.2, 0.25) is 0 Å². The molecular formula is C17H16FN3O2S. The first-order chi connectivity index (χ1) is 11.5. The molecule has 1 aliphatic rings. The van der Waals surface area contributed by atoms with Crippen LogP contribution in [0.1, 0.15) is 18.9 Å². The van der Waals surface area contributed by atoms with E-state index < -0.39 is 4.92 Å². The van der Waals surface area contributed by atoms with Crippen LogP contribution in [0.2, 0.25) is 0 Å². The fraction of sp³-hybridized carbons (Fsp3) is 0.235. The fourth-order valence-corrected chi connectivity index (χ4v) is 3.31. The summed E-state index contributed by atoms with van der Waals surface area (Å²) in [6.45, 7) is 2.05. The van der Waals surface area contributed by atoms with Crippen LogP contribution in [0.5, 0.6) is 0 Å². The van der Waals surface area contributed by atoms with Gasteiger partial charge in [-0.2, -0.15) is 0 Å². The lowest BCUT2D eigenvalue weighted by Gasteiger charge is -2.37. The minimum absolute atomic E-state index is 0.00281. The molecule has 2 aromatic rings. The van der Waals surface area contributed by atoms with Crippen LogP contribution >= 0.6 is 12.2 Å². The number of hydrogen-bond donors (Lipinski definition) is 1. The molecule has 1 heterocycles. The Hall–Kier alpha value is -2.54. The number of thiocarbonyl (C=S) groups is 1. The summed E-state index contributed by atoms with van der Waals surface area (Å²) in [7, 11) is 0. The average Bonchev–Trinajstić information content (AvgIpc) is 2.55. The van der Waals surface area contributed by atoms with E-state index >= 15 is 0 Å². The number of aryl methyl sites for hydroxylation is 1. The maximum absolute atomic E-state index is 13.5. The summed E-state index contributed by atoms with van der Waals surface area (Å²) in [6.07, 6.45) is 1.65. The Morgan fingerprint density at radius 3 is 2.92 bits per heavy atom. The topological polar surface area (TPSA) is 58.4 Å². The van der Waals surface area contributed by atoms with Crippen molar-refractivity contribution in [2.24, 2.45) is 0 Å². The second-order valence-corrected chi connectivity index (χ2v) is 6.16. The number of rotatable bonds is 2. The lowest BCUT2D eigenvalue weighted by molar-refractivity contribution is -0.384. The zero-order chi connectivity index (χ0) is 17.3. The van der Waals surface area contributed by atoms with Gasteiger partial charge in [-0.25, -0.2) is 4.39 Å². The Morgan fingerprint density at radius 1 is 1.38 bits per heavy atom. The van der Waals surface area contributed by atoms with Gasteiger partial charge >= 0.3 is 0 Å². The molecular weight excluding hydrogens is 329 g/mol. The molecule has 0 aliphatic carbocycles. The van der Waals surface area contributed by atoms with Gasteiger partial charge in [0.25, 0.3) is 5.69 Å². The van der Waals surface area contributed by atoms with E-state index in [1.165, 1.54) is 24.3 Å². The number of hydrogen-bond acceptors (Lipinski definition) is 3. The van der Waals surface area contributed by atoms with E-state index in [-0.39, 0.29) is 17.5 Å². The largest absolute Gasteiger partial charge is 0.332 e. The molecule has 1 aliphatic heterocycles. The third kappa shape index (κ3) is 3.21. The minimum atomic E-state index is -0.449. The molecule has 2 aromatic carbocycles. The maximum Gasteiger partial charge on any atom is 0.271 e. The number of nitrogens with zero attached hydrogens (tertiary/aromatic N) is 2. The number of nitro benzene ring substituents is 1. The van der Waals surface area contributed by atoms with Crippen LogP contribution in [-0.4, -0.2) is 16.1 Å². The van der Waals surface area contributed by atoms with Crippen molar-refractivity contribution in [2.75, 3.05) is 10.2 Å². The van der Waals surface area contributed by atoms with Gasteiger partial charge in [0.15, 0.2) is 5.11 Å². The zero-order valence-corrected chi connectivity index (χ0v) is 13.8. The van der Waals surface area contributed by atoms with Crippen molar-refractivity contribution in [3.8, 4) is 0 Å². The smallest absolute Gasteiger partial charge is 0.271 e. The van der Waals surface area contributed by atoms with Crippen LogP contribution < -0.4 is 10.2 Å². The molecule has 0 radical (unpaired) electrons. The van der Waals surface area contributed by atoms with Crippen LogP contribution in [0, 0.1) is 15.9 Å². The summed E-state index contributed by atoms with van der Waals surface area (Å²) in [5.74, 6) is -0.263. The third-order valence-corrected chi connectivity index (χ3v) is 4.40. The lowest BCUT2D eigenvalue weighted by Crippen LogP contribution is -2.44. The Morgan fingerprint density at radius 2 is 2.17 bits per heavy atom. The van der Waals surface area contributed by atoms with Crippen molar-refractivity contribution in [3.05, 3.63) is 64.0 Å². The minimum Gasteiger partial charge on any atom is -0.332 e. The third-order valence-electron chi connectivity index (χ3n) is 4.10. The number of nitro groups is 1. The molecule has 5 nitrogen and oxygen atoms in total. The highest BCUT2D eigenvalue weighted by Crippen LogP contribution is 2.32. The molecule has 1 unspecified atom stereocenters. The summed E-state index contributed by atoms with van der Waals surface area (Å²) in [4.78, 5) is 12.4. The van der Waals surface area contributed by atoms with E-state index in [9.17, 15) is 14.5 Å². The number of non-ortho nitro benzene ring substituents is 1. The Balaban J connectivity index is 1.87. The monoisotopic (exact) mass is 345 g/mol. The van der Waals surface area contributed by atoms with Crippen molar-refractivity contribution >= 4 is 34.4 Å². The van der Waals surface area contributed by atoms with Gasteiger partial charge in [-0.1, -0.05) is 6.07 Å². The van der Waals surface area contributed by atoms with E-state index in [1.54, 1.807) is 18.2 Å². The fourth-order valence-electron chi connectivity index (χ4n) is 2.91.